The van der Waals surface area contributed by atoms with Gasteiger partial charge in [0.25, 0.3) is 5.56 Å². The number of amides is 1. The molecule has 5 rings (SSSR count). The van der Waals surface area contributed by atoms with E-state index < -0.39 is 103 Å². The topological polar surface area (TPSA) is 58.4 Å². The average molecular weight is 696 g/mol. The van der Waals surface area contributed by atoms with Gasteiger partial charge in [0.05, 0.1) is 15.2 Å². The molecule has 0 bridgehead atoms. The van der Waals surface area contributed by atoms with Gasteiger partial charge < -0.3 is 14.4 Å². The van der Waals surface area contributed by atoms with Gasteiger partial charge in [-0.2, -0.15) is 18.2 Å². The van der Waals surface area contributed by atoms with Gasteiger partial charge in [-0.15, -0.1) is 0 Å². The third kappa shape index (κ3) is 8.54. The summed E-state index contributed by atoms with van der Waals surface area (Å²) in [5, 5.41) is -0.763. The summed E-state index contributed by atoms with van der Waals surface area (Å²) in [6.07, 6.45) is -4.57. The number of carbonyl (C=O) groups excluding carboxylic acids is 1. The van der Waals surface area contributed by atoms with Crippen LogP contribution in [0.5, 0.6) is 0 Å². The Hall–Kier alpha value is -3.96. The number of alkyl halides is 3. The monoisotopic (exact) mass is 695 g/mol. The minimum absolute atomic E-state index is 0.0295. The molecule has 1 heterocycles. The molecule has 0 saturated heterocycles. The first-order valence-corrected chi connectivity index (χ1v) is 15.4. The lowest BCUT2D eigenvalue weighted by atomic mass is 9.97. The van der Waals surface area contributed by atoms with Crippen molar-refractivity contribution in [3.8, 4) is 11.1 Å². The third-order valence-electron chi connectivity index (χ3n) is 7.28. The lowest BCUT2D eigenvalue weighted by molar-refractivity contribution is -0.137. The molecule has 1 aliphatic rings. The summed E-state index contributed by atoms with van der Waals surface area (Å²) in [5.74, 6) is -2.74. The highest BCUT2D eigenvalue weighted by Gasteiger charge is 2.30. The molecule has 1 amide bonds. The van der Waals surface area contributed by atoms with Gasteiger partial charge in [0.2, 0.25) is 5.91 Å². The molecule has 254 valence electrons. The largest absolute Gasteiger partial charge is 0.416 e. The van der Waals surface area contributed by atoms with Crippen LogP contribution in [-0.2, 0) is 42.6 Å². The van der Waals surface area contributed by atoms with E-state index in [2.05, 4.69) is 4.98 Å². The fraction of sp³-hybridized carbons (Fsp3) is 0.378. The zero-order valence-electron chi connectivity index (χ0n) is 41.0. The molecule has 0 aliphatic heterocycles. The summed E-state index contributed by atoms with van der Waals surface area (Å²) in [7, 11) is 0. The Morgan fingerprint density at radius 2 is 1.73 bits per heavy atom. The number of aromatic nitrogens is 2. The summed E-state index contributed by atoms with van der Waals surface area (Å²) in [5.41, 5.74) is -6.09. The van der Waals surface area contributed by atoms with Crippen molar-refractivity contribution in [2.75, 3.05) is 26.0 Å². The molecule has 1 aromatic heterocycles. The molecule has 6 nitrogen and oxygen atoms in total. The van der Waals surface area contributed by atoms with E-state index >= 15 is 4.79 Å². The first kappa shape index (κ1) is 20.5. The summed E-state index contributed by atoms with van der Waals surface area (Å²) in [4.78, 5) is 32.0. The number of likely N-dealkylation sites (N-methyl/N-ethyl adjacent to an activating group) is 1. The van der Waals surface area contributed by atoms with E-state index in [-0.39, 0.29) is 74.3 Å². The molecular formula is C37H40F4N4O2S. The Balaban J connectivity index is 1.77. The molecule has 1 aliphatic carbocycles. The molecule has 3 aromatic carbocycles. The number of hydrogen-bond acceptors (Lipinski definition) is 5. The van der Waals surface area contributed by atoms with Gasteiger partial charge in [-0.05, 0) is 91.3 Å². The van der Waals surface area contributed by atoms with Gasteiger partial charge in [0, 0.05) is 47.5 Å². The lowest BCUT2D eigenvalue weighted by Gasteiger charge is -2.28. The molecule has 11 heteroatoms. The molecule has 4 aromatic rings. The van der Waals surface area contributed by atoms with E-state index in [1.165, 1.54) is 6.92 Å². The Morgan fingerprint density at radius 3 is 2.40 bits per heavy atom. The van der Waals surface area contributed by atoms with E-state index in [1.54, 1.807) is 0 Å². The quantitative estimate of drug-likeness (QED) is 0.0823. The smallest absolute Gasteiger partial charge is 0.336 e. The zero-order valence-corrected chi connectivity index (χ0v) is 26.8. The first-order chi connectivity index (χ1) is 28.6. The Bertz CT molecular complexity index is 2430. The van der Waals surface area contributed by atoms with E-state index in [1.807, 2.05) is 0 Å². The van der Waals surface area contributed by atoms with Crippen LogP contribution in [0.2, 0.25) is 0 Å². The molecule has 0 spiro atoms. The first-order valence-electron chi connectivity index (χ1n) is 22.1. The van der Waals surface area contributed by atoms with Crippen LogP contribution in [0.4, 0.5) is 17.6 Å². The minimum atomic E-state index is -4.73. The van der Waals surface area contributed by atoms with Crippen molar-refractivity contribution < 1.29 is 42.9 Å². The van der Waals surface area contributed by atoms with Crippen molar-refractivity contribution in [3.63, 3.8) is 0 Å². The van der Waals surface area contributed by atoms with Gasteiger partial charge >= 0.3 is 6.18 Å². The fourth-order valence-electron chi connectivity index (χ4n) is 4.89. The van der Waals surface area contributed by atoms with Gasteiger partial charge in [0.15, 0.2) is 5.16 Å². The van der Waals surface area contributed by atoms with Gasteiger partial charge in [-0.25, -0.2) is 4.39 Å². The standard InChI is InChI=1S/C37H40F4N4O2S/c1-4-43(5-2)19-20-44(22-27-11-18-31(25(3)21-27)28-12-14-29(15-13-28)37(39,40)41)34(46)23-45-33-8-6-7-32(33)35(47)42-36(45)48-24-26-9-16-30(38)17-10-26/h9-18,21H,4-8,19-20,22-24H2,1-3H3/i4D2,5D2,11D,18D,19D2,20D2,21D,23D2,24D2. The second kappa shape index (κ2) is 15.5. The van der Waals surface area contributed by atoms with Crippen LogP contribution >= 0.6 is 11.8 Å². The number of fused-ring (bicyclic) bond motifs is 1. The highest BCUT2D eigenvalue weighted by atomic mass is 32.2. The molecule has 0 atom stereocenters. The molecule has 0 radical (unpaired) electrons. The number of hydrogen-bond donors (Lipinski definition) is 0. The maximum atomic E-state index is 15.1. The van der Waals surface area contributed by atoms with Crippen LogP contribution < -0.4 is 5.56 Å². The summed E-state index contributed by atoms with van der Waals surface area (Å²) < 4.78 is 187. The molecule has 0 unspecified atom stereocenters. The molecular weight excluding hydrogens is 640 g/mol. The van der Waals surface area contributed by atoms with Crippen molar-refractivity contribution >= 4 is 17.7 Å². The van der Waals surface area contributed by atoms with Gasteiger partial charge in [-0.1, -0.05) is 68.0 Å². The lowest BCUT2D eigenvalue weighted by Crippen LogP contribution is -2.40. The summed E-state index contributed by atoms with van der Waals surface area (Å²) in [6, 6.07) is 5.07. The van der Waals surface area contributed by atoms with Crippen LogP contribution in [-0.4, -0.2) is 51.2 Å². The molecule has 0 fully saturated rings. The SMILES string of the molecule is [2H]c1c([2H])c(-c2ccc(C(F)(F)F)cc2)c(C)c([2H])c1CN(C(=O)C([2H])([2H])n1c(SC([2H])([2H])c2ccc(F)cc2)nc(=O)c2c1CCC2)C([2H])([2H])C([2H])([2H])N(C([2H])([2H])C)C([2H])([2H])C. The van der Waals surface area contributed by atoms with E-state index in [0.717, 1.165) is 36.4 Å². The highest BCUT2D eigenvalue weighted by Crippen LogP contribution is 2.32. The van der Waals surface area contributed by atoms with Crippen LogP contribution in [0.1, 0.15) is 74.3 Å². The normalized spacial score (nSPS) is 19.2. The van der Waals surface area contributed by atoms with E-state index in [9.17, 15) is 27.8 Å². The number of benzene rings is 3. The van der Waals surface area contributed by atoms with Crippen LogP contribution in [0.25, 0.3) is 11.1 Å². The number of nitrogens with zero attached hydrogens (tertiary/aromatic N) is 4. The highest BCUT2D eigenvalue weighted by molar-refractivity contribution is 7.98. The number of carbonyl (C=O) groups is 1. The molecule has 0 N–H and O–H groups in total. The van der Waals surface area contributed by atoms with Crippen LogP contribution in [0, 0.1) is 12.7 Å². The third-order valence-corrected chi connectivity index (χ3v) is 8.07. The number of thioether (sulfide) groups is 1. The van der Waals surface area contributed by atoms with Crippen molar-refractivity contribution in [1.29, 1.82) is 0 Å². The van der Waals surface area contributed by atoms with E-state index in [4.69, 9.17) is 15.1 Å². The van der Waals surface area contributed by atoms with Crippen molar-refractivity contribution in [2.24, 2.45) is 0 Å². The van der Waals surface area contributed by atoms with Gasteiger partial charge in [-0.3, -0.25) is 9.59 Å². The van der Waals surface area contributed by atoms with Crippen LogP contribution in [0.3, 0.4) is 0 Å². The van der Waals surface area contributed by atoms with Crippen LogP contribution in [0.15, 0.2) is 76.6 Å². The summed E-state index contributed by atoms with van der Waals surface area (Å²) >= 11 is 0.136. The van der Waals surface area contributed by atoms with Crippen molar-refractivity contribution in [3.05, 3.63) is 116 Å². The molecule has 48 heavy (non-hydrogen) atoms. The fourth-order valence-corrected chi connectivity index (χ4v) is 5.61. The zero-order chi connectivity index (χ0) is 47.8. The predicted octanol–water partition coefficient (Wildman–Crippen LogP) is 7.53. The number of halogens is 4. The second-order valence-corrected chi connectivity index (χ2v) is 11.2. The maximum absolute atomic E-state index is 15.1. The average Bonchev–Trinajstić information content (AvgIpc) is 3.62. The van der Waals surface area contributed by atoms with Gasteiger partial charge in [0.1, 0.15) is 12.3 Å². The van der Waals surface area contributed by atoms with Crippen molar-refractivity contribution in [1.82, 2.24) is 19.4 Å². The minimum Gasteiger partial charge on any atom is -0.336 e. The predicted molar refractivity (Wildman–Crippen MR) is 181 cm³/mol. The Kier molecular flexibility index (Phi) is 6.63. The number of rotatable bonds is 13. The Labute approximate surface area is 303 Å². The second-order valence-electron chi connectivity index (χ2n) is 10.5. The van der Waals surface area contributed by atoms with Crippen molar-refractivity contribution in [2.45, 2.75) is 70.1 Å². The summed E-state index contributed by atoms with van der Waals surface area (Å²) in [6.45, 7) is -16.6. The maximum Gasteiger partial charge on any atom is 0.416 e. The van der Waals surface area contributed by atoms with E-state index in [0.29, 0.717) is 30.5 Å². The molecule has 0 saturated carbocycles. The Morgan fingerprint density at radius 1 is 1.02 bits per heavy atom.